The zero-order valence-corrected chi connectivity index (χ0v) is 12.6. The number of hydrogen-bond donors (Lipinski definition) is 1. The van der Waals surface area contributed by atoms with Crippen molar-refractivity contribution in [3.05, 3.63) is 62.6 Å². The van der Waals surface area contributed by atoms with Gasteiger partial charge < -0.3 is 5.32 Å². The summed E-state index contributed by atoms with van der Waals surface area (Å²) in [6, 6.07) is 7.98. The Balaban J connectivity index is 2.31. The first-order valence-corrected chi connectivity index (χ1v) is 6.75. The topological polar surface area (TPSA) is 52.9 Å². The van der Waals surface area contributed by atoms with Gasteiger partial charge in [0.1, 0.15) is 23.3 Å². The van der Waals surface area contributed by atoms with Crippen molar-refractivity contribution in [3.8, 4) is 6.07 Å². The Labute approximate surface area is 132 Å². The predicted molar refractivity (Wildman–Crippen MR) is 78.2 cm³/mol. The summed E-state index contributed by atoms with van der Waals surface area (Å²) >= 11 is 8.74. The van der Waals surface area contributed by atoms with E-state index in [4.69, 9.17) is 16.9 Å². The van der Waals surface area contributed by atoms with E-state index in [2.05, 4.69) is 21.2 Å². The average Bonchev–Trinajstić information content (AvgIpc) is 2.37. The molecule has 0 unspecified atom stereocenters. The molecule has 1 N–H and O–H groups in total. The van der Waals surface area contributed by atoms with Crippen LogP contribution in [0.15, 0.2) is 34.8 Å². The molecule has 0 aliphatic heterocycles. The smallest absolute Gasteiger partial charge is 0.261 e. The van der Waals surface area contributed by atoms with Gasteiger partial charge in [-0.15, -0.1) is 0 Å². The maximum Gasteiger partial charge on any atom is 0.261 e. The van der Waals surface area contributed by atoms with Crippen LogP contribution in [-0.2, 0) is 0 Å². The summed E-state index contributed by atoms with van der Waals surface area (Å²) < 4.78 is 27.5. The Hall–Kier alpha value is -1.97. The van der Waals surface area contributed by atoms with E-state index in [9.17, 15) is 13.6 Å². The Morgan fingerprint density at radius 2 is 1.86 bits per heavy atom. The molecular weight excluding hydrogens is 366 g/mol. The van der Waals surface area contributed by atoms with Crippen molar-refractivity contribution in [2.75, 3.05) is 5.32 Å². The maximum atomic E-state index is 13.7. The van der Waals surface area contributed by atoms with Crippen molar-refractivity contribution in [2.24, 2.45) is 0 Å². The normalized spacial score (nSPS) is 10.0. The highest BCUT2D eigenvalue weighted by atomic mass is 79.9. The lowest BCUT2D eigenvalue weighted by Gasteiger charge is -2.08. The zero-order chi connectivity index (χ0) is 15.6. The summed E-state index contributed by atoms with van der Waals surface area (Å²) in [7, 11) is 0. The van der Waals surface area contributed by atoms with Crippen molar-refractivity contribution in [3.63, 3.8) is 0 Å². The van der Waals surface area contributed by atoms with Gasteiger partial charge in [0.2, 0.25) is 0 Å². The Bertz CT molecular complexity index is 751. The first-order valence-electron chi connectivity index (χ1n) is 5.58. The quantitative estimate of drug-likeness (QED) is 0.845. The SMILES string of the molecule is N#Cc1ccc(NC(=O)c2c(F)cc(Br)cc2F)cc1Cl. The van der Waals surface area contributed by atoms with Crippen molar-refractivity contribution in [1.29, 1.82) is 5.26 Å². The number of nitrogens with one attached hydrogen (secondary N) is 1. The molecule has 0 spiro atoms. The molecule has 7 heteroatoms. The van der Waals surface area contributed by atoms with E-state index >= 15 is 0 Å². The van der Waals surface area contributed by atoms with E-state index in [1.807, 2.05) is 6.07 Å². The first-order chi connectivity index (χ1) is 9.92. The lowest BCUT2D eigenvalue weighted by atomic mass is 10.1. The molecule has 0 aliphatic rings. The van der Waals surface area contributed by atoms with E-state index in [1.54, 1.807) is 0 Å². The van der Waals surface area contributed by atoms with Gasteiger partial charge in [-0.25, -0.2) is 8.78 Å². The van der Waals surface area contributed by atoms with E-state index in [-0.39, 0.29) is 20.7 Å². The second kappa shape index (κ2) is 6.20. The van der Waals surface area contributed by atoms with Gasteiger partial charge in [-0.1, -0.05) is 27.5 Å². The number of benzene rings is 2. The summed E-state index contributed by atoms with van der Waals surface area (Å²) in [5, 5.41) is 11.2. The number of anilines is 1. The number of halogens is 4. The summed E-state index contributed by atoms with van der Waals surface area (Å²) in [6.07, 6.45) is 0. The number of carbonyl (C=O) groups is 1. The molecule has 0 saturated carbocycles. The molecule has 3 nitrogen and oxygen atoms in total. The van der Waals surface area contributed by atoms with E-state index in [0.29, 0.717) is 0 Å². The molecule has 0 aliphatic carbocycles. The third-order valence-electron chi connectivity index (χ3n) is 2.58. The third-order valence-corrected chi connectivity index (χ3v) is 3.35. The van der Waals surface area contributed by atoms with E-state index < -0.39 is 23.1 Å². The largest absolute Gasteiger partial charge is 0.322 e. The lowest BCUT2D eigenvalue weighted by molar-refractivity contribution is 0.101. The van der Waals surface area contributed by atoms with Crippen molar-refractivity contribution in [2.45, 2.75) is 0 Å². The molecule has 106 valence electrons. The van der Waals surface area contributed by atoms with Crippen molar-refractivity contribution in [1.82, 2.24) is 0 Å². The fourth-order valence-electron chi connectivity index (χ4n) is 1.64. The van der Waals surface area contributed by atoms with Crippen molar-refractivity contribution >= 4 is 39.1 Å². The summed E-state index contributed by atoms with van der Waals surface area (Å²) in [6.45, 7) is 0. The minimum Gasteiger partial charge on any atom is -0.322 e. The molecule has 0 radical (unpaired) electrons. The van der Waals surface area contributed by atoms with Crippen LogP contribution >= 0.6 is 27.5 Å². The van der Waals surface area contributed by atoms with E-state index in [1.165, 1.54) is 18.2 Å². The van der Waals surface area contributed by atoms with Crippen LogP contribution in [0.4, 0.5) is 14.5 Å². The standard InChI is InChI=1S/C14H6BrClF2N2O/c15-8-3-11(17)13(12(18)4-8)14(21)20-9-2-1-7(6-19)10(16)5-9/h1-5H,(H,20,21). The van der Waals surface area contributed by atoms with Gasteiger partial charge >= 0.3 is 0 Å². The fourth-order valence-corrected chi connectivity index (χ4v) is 2.26. The molecule has 0 fully saturated rings. The fraction of sp³-hybridized carbons (Fsp3) is 0. The average molecular weight is 372 g/mol. The number of nitrogens with zero attached hydrogens (tertiary/aromatic N) is 1. The van der Waals surface area contributed by atoms with Gasteiger partial charge in [-0.3, -0.25) is 4.79 Å². The van der Waals surface area contributed by atoms with Crippen LogP contribution in [0.25, 0.3) is 0 Å². The molecule has 1 amide bonds. The minimum atomic E-state index is -0.987. The minimum absolute atomic E-state index is 0.132. The monoisotopic (exact) mass is 370 g/mol. The highest BCUT2D eigenvalue weighted by Crippen LogP contribution is 2.23. The Kier molecular flexibility index (Phi) is 4.56. The summed E-state index contributed by atoms with van der Waals surface area (Å²) in [5.74, 6) is -2.92. The molecule has 21 heavy (non-hydrogen) atoms. The maximum absolute atomic E-state index is 13.7. The van der Waals surface area contributed by atoms with Gasteiger partial charge in [0, 0.05) is 10.2 Å². The van der Waals surface area contributed by atoms with Gasteiger partial charge in [0.25, 0.3) is 5.91 Å². The van der Waals surface area contributed by atoms with Crippen LogP contribution in [0.1, 0.15) is 15.9 Å². The molecule has 2 rings (SSSR count). The Morgan fingerprint density at radius 3 is 2.38 bits per heavy atom. The predicted octanol–water partition coefficient (Wildman–Crippen LogP) is 4.50. The van der Waals surface area contributed by atoms with Crippen LogP contribution in [-0.4, -0.2) is 5.91 Å². The molecule has 0 heterocycles. The van der Waals surface area contributed by atoms with Gasteiger partial charge in [0.05, 0.1) is 10.6 Å². The Morgan fingerprint density at radius 1 is 1.24 bits per heavy atom. The summed E-state index contributed by atoms with van der Waals surface area (Å²) in [5.41, 5.74) is -0.236. The van der Waals surface area contributed by atoms with Gasteiger partial charge in [-0.2, -0.15) is 5.26 Å². The molecule has 0 saturated heterocycles. The van der Waals surface area contributed by atoms with Crippen molar-refractivity contribution < 1.29 is 13.6 Å². The first kappa shape index (κ1) is 15.4. The second-order valence-corrected chi connectivity index (χ2v) is 5.33. The molecular formula is C14H6BrClF2N2O. The number of hydrogen-bond acceptors (Lipinski definition) is 2. The third kappa shape index (κ3) is 3.38. The molecule has 0 bridgehead atoms. The van der Waals surface area contributed by atoms with Crippen LogP contribution < -0.4 is 5.32 Å². The van der Waals surface area contributed by atoms with Crippen LogP contribution in [0.3, 0.4) is 0 Å². The highest BCUT2D eigenvalue weighted by Gasteiger charge is 2.18. The second-order valence-electron chi connectivity index (χ2n) is 4.00. The molecule has 2 aromatic carbocycles. The summed E-state index contributed by atoms with van der Waals surface area (Å²) in [4.78, 5) is 11.9. The van der Waals surface area contributed by atoms with Crippen LogP contribution in [0.5, 0.6) is 0 Å². The van der Waals surface area contributed by atoms with Crippen LogP contribution in [0.2, 0.25) is 5.02 Å². The van der Waals surface area contributed by atoms with Gasteiger partial charge in [0.15, 0.2) is 0 Å². The number of carbonyl (C=O) groups excluding carboxylic acids is 1. The molecule has 0 atom stereocenters. The number of nitriles is 1. The highest BCUT2D eigenvalue weighted by molar-refractivity contribution is 9.10. The molecule has 0 aromatic heterocycles. The van der Waals surface area contributed by atoms with E-state index in [0.717, 1.165) is 12.1 Å². The number of amides is 1. The van der Waals surface area contributed by atoms with Crippen LogP contribution in [0, 0.1) is 23.0 Å². The zero-order valence-electron chi connectivity index (χ0n) is 10.3. The number of rotatable bonds is 2. The molecule has 2 aromatic rings. The van der Waals surface area contributed by atoms with Gasteiger partial charge in [-0.05, 0) is 30.3 Å². The lowest BCUT2D eigenvalue weighted by Crippen LogP contribution is -2.16.